The molecule has 0 saturated heterocycles. The summed E-state index contributed by atoms with van der Waals surface area (Å²) in [6, 6.07) is 0. The molecule has 2 heteroatoms. The summed E-state index contributed by atoms with van der Waals surface area (Å²) in [4.78, 5) is 24.2. The van der Waals surface area contributed by atoms with Gasteiger partial charge in [0.05, 0.1) is 0 Å². The predicted octanol–water partition coefficient (Wildman–Crippen LogP) is 4.89. The highest BCUT2D eigenvalue weighted by Crippen LogP contribution is 2.67. The maximum atomic E-state index is 12.2. The molecule has 0 aromatic carbocycles. The van der Waals surface area contributed by atoms with E-state index in [0.29, 0.717) is 30.0 Å². The van der Waals surface area contributed by atoms with E-state index in [9.17, 15) is 9.59 Å². The lowest BCUT2D eigenvalue weighted by Gasteiger charge is -2.58. The molecule has 24 heavy (non-hydrogen) atoms. The number of carbonyl (C=O) groups is 2. The molecule has 0 aromatic heterocycles. The van der Waals surface area contributed by atoms with E-state index < -0.39 is 0 Å². The zero-order chi connectivity index (χ0) is 17.3. The van der Waals surface area contributed by atoms with Crippen molar-refractivity contribution in [1.29, 1.82) is 0 Å². The Bertz CT molecular complexity index is 657. The van der Waals surface area contributed by atoms with Gasteiger partial charge in [-0.15, -0.1) is 0 Å². The third-order valence-electron chi connectivity index (χ3n) is 8.54. The largest absolute Gasteiger partial charge is 0.300 e. The number of fused-ring (bicyclic) bond motifs is 5. The van der Waals surface area contributed by atoms with Gasteiger partial charge in [0, 0.05) is 17.8 Å². The van der Waals surface area contributed by atoms with Crippen LogP contribution in [0.5, 0.6) is 0 Å². The molecule has 0 unspecified atom stereocenters. The van der Waals surface area contributed by atoms with Crippen LogP contribution in [0, 0.1) is 34.5 Å². The summed E-state index contributed by atoms with van der Waals surface area (Å²) in [5, 5.41) is 0. The Kier molecular flexibility index (Phi) is 3.50. The second-order valence-electron chi connectivity index (χ2n) is 9.32. The van der Waals surface area contributed by atoms with Crippen molar-refractivity contribution in [2.24, 2.45) is 34.5 Å². The van der Waals surface area contributed by atoms with Gasteiger partial charge < -0.3 is 0 Å². The molecule has 0 radical (unpaired) electrons. The average Bonchev–Trinajstić information content (AvgIpc) is 2.86. The van der Waals surface area contributed by atoms with Gasteiger partial charge in [-0.3, -0.25) is 9.59 Å². The summed E-state index contributed by atoms with van der Waals surface area (Å²) < 4.78 is 0. The van der Waals surface area contributed by atoms with E-state index in [0.717, 1.165) is 24.8 Å². The highest BCUT2D eigenvalue weighted by Gasteiger charge is 2.60. The Balaban J connectivity index is 1.71. The Morgan fingerprint density at radius 2 is 1.92 bits per heavy atom. The van der Waals surface area contributed by atoms with Gasteiger partial charge in [0.25, 0.3) is 0 Å². The summed E-state index contributed by atoms with van der Waals surface area (Å²) in [5.74, 6) is 2.89. The van der Waals surface area contributed by atoms with Crippen LogP contribution in [0.25, 0.3) is 0 Å². The second-order valence-corrected chi connectivity index (χ2v) is 9.32. The highest BCUT2D eigenvalue weighted by molar-refractivity contribution is 5.94. The molecule has 0 aromatic rings. The SMILES string of the molecule is C=C1CC(=O)C=C2CC[C@@H]3[C@H](CC[C@]4(C)[C@@H](C(C)=O)CC[C@@H]34)[C@@]12C. The molecular formula is C22H30O2. The first-order valence-corrected chi connectivity index (χ1v) is 9.71. The van der Waals surface area contributed by atoms with Crippen LogP contribution in [0.1, 0.15) is 65.7 Å². The minimum Gasteiger partial charge on any atom is -0.300 e. The summed E-state index contributed by atoms with van der Waals surface area (Å²) in [6.07, 6.45) is 9.33. The molecule has 0 aliphatic heterocycles. The Hall–Kier alpha value is -1.18. The zero-order valence-electron chi connectivity index (χ0n) is 15.4. The molecule has 130 valence electrons. The first kappa shape index (κ1) is 16.3. The van der Waals surface area contributed by atoms with Crippen molar-refractivity contribution in [3.05, 3.63) is 23.8 Å². The Morgan fingerprint density at radius 1 is 1.17 bits per heavy atom. The molecule has 0 N–H and O–H groups in total. The fourth-order valence-corrected chi connectivity index (χ4v) is 7.25. The van der Waals surface area contributed by atoms with E-state index >= 15 is 0 Å². The minimum absolute atomic E-state index is 0.0203. The number of Topliss-reactive ketones (excluding diaryl/α,β-unsaturated/α-hetero) is 1. The fourth-order valence-electron chi connectivity index (χ4n) is 7.25. The van der Waals surface area contributed by atoms with Crippen LogP contribution in [0.2, 0.25) is 0 Å². The molecule has 6 atom stereocenters. The van der Waals surface area contributed by atoms with Crippen LogP contribution >= 0.6 is 0 Å². The first-order valence-electron chi connectivity index (χ1n) is 9.71. The third kappa shape index (κ3) is 1.95. The molecule has 0 spiro atoms. The van der Waals surface area contributed by atoms with Gasteiger partial charge in [0.1, 0.15) is 5.78 Å². The Morgan fingerprint density at radius 3 is 2.62 bits per heavy atom. The van der Waals surface area contributed by atoms with Gasteiger partial charge in [-0.25, -0.2) is 0 Å². The van der Waals surface area contributed by atoms with Crippen molar-refractivity contribution in [1.82, 2.24) is 0 Å². The monoisotopic (exact) mass is 326 g/mol. The van der Waals surface area contributed by atoms with Crippen LogP contribution in [0.4, 0.5) is 0 Å². The smallest absolute Gasteiger partial charge is 0.159 e. The van der Waals surface area contributed by atoms with Crippen molar-refractivity contribution in [2.45, 2.75) is 65.7 Å². The van der Waals surface area contributed by atoms with E-state index in [-0.39, 0.29) is 22.5 Å². The van der Waals surface area contributed by atoms with Gasteiger partial charge in [0.2, 0.25) is 0 Å². The standard InChI is InChI=1S/C22H30O2/c1-13-11-16(24)12-15-5-6-17-19-8-7-18(14(2)23)21(19,3)10-9-20(17)22(13,15)4/h12,17-20H,1,5-11H2,2-4H3/t17-,18+,19-,20-,21+,22-/m0/s1. The highest BCUT2D eigenvalue weighted by atomic mass is 16.1. The van der Waals surface area contributed by atoms with Crippen LogP contribution in [0.3, 0.4) is 0 Å². The maximum Gasteiger partial charge on any atom is 0.159 e. The van der Waals surface area contributed by atoms with Crippen LogP contribution in [-0.4, -0.2) is 11.6 Å². The lowest BCUT2D eigenvalue weighted by atomic mass is 9.46. The normalized spacial score (nSPS) is 47.5. The molecule has 4 aliphatic carbocycles. The van der Waals surface area contributed by atoms with Gasteiger partial charge in [-0.2, -0.15) is 0 Å². The maximum absolute atomic E-state index is 12.2. The van der Waals surface area contributed by atoms with Crippen LogP contribution in [0.15, 0.2) is 23.8 Å². The van der Waals surface area contributed by atoms with E-state index in [2.05, 4.69) is 20.4 Å². The fraction of sp³-hybridized carbons (Fsp3) is 0.727. The van der Waals surface area contributed by atoms with E-state index in [1.54, 1.807) is 6.92 Å². The van der Waals surface area contributed by atoms with Gasteiger partial charge in [-0.1, -0.05) is 31.6 Å². The Labute approximate surface area is 145 Å². The van der Waals surface area contributed by atoms with Gasteiger partial charge in [-0.05, 0) is 74.7 Å². The molecule has 4 aliphatic rings. The molecule has 4 rings (SSSR count). The lowest BCUT2D eigenvalue weighted by molar-refractivity contribution is -0.127. The molecule has 3 saturated carbocycles. The molecular weight excluding hydrogens is 296 g/mol. The second kappa shape index (κ2) is 5.16. The topological polar surface area (TPSA) is 34.1 Å². The van der Waals surface area contributed by atoms with Crippen LogP contribution in [-0.2, 0) is 9.59 Å². The molecule has 0 heterocycles. The lowest BCUT2D eigenvalue weighted by Crippen LogP contribution is -2.51. The van der Waals surface area contributed by atoms with E-state index in [1.165, 1.54) is 24.8 Å². The number of carbonyl (C=O) groups excluding carboxylic acids is 2. The van der Waals surface area contributed by atoms with Gasteiger partial charge in [0.15, 0.2) is 5.78 Å². The van der Waals surface area contributed by atoms with Gasteiger partial charge >= 0.3 is 0 Å². The number of hydrogen-bond donors (Lipinski definition) is 0. The van der Waals surface area contributed by atoms with Crippen molar-refractivity contribution in [2.75, 3.05) is 0 Å². The number of allylic oxidation sites excluding steroid dienone is 2. The molecule has 2 nitrogen and oxygen atoms in total. The average molecular weight is 326 g/mol. The summed E-state index contributed by atoms with van der Waals surface area (Å²) >= 11 is 0. The van der Waals surface area contributed by atoms with Crippen molar-refractivity contribution in [3.63, 3.8) is 0 Å². The summed E-state index contributed by atoms with van der Waals surface area (Å²) in [5.41, 5.74) is 2.71. The number of ketones is 2. The van der Waals surface area contributed by atoms with Crippen molar-refractivity contribution >= 4 is 11.6 Å². The first-order chi connectivity index (χ1) is 11.3. The van der Waals surface area contributed by atoms with Crippen LogP contribution < -0.4 is 0 Å². The van der Waals surface area contributed by atoms with E-state index in [4.69, 9.17) is 0 Å². The number of rotatable bonds is 1. The van der Waals surface area contributed by atoms with Crippen molar-refractivity contribution < 1.29 is 9.59 Å². The van der Waals surface area contributed by atoms with Crippen molar-refractivity contribution in [3.8, 4) is 0 Å². The summed E-state index contributed by atoms with van der Waals surface area (Å²) in [6.45, 7) is 10.9. The minimum atomic E-state index is 0.0203. The quantitative estimate of drug-likeness (QED) is 0.643. The molecule has 3 fully saturated rings. The zero-order valence-corrected chi connectivity index (χ0v) is 15.4. The van der Waals surface area contributed by atoms with E-state index in [1.807, 2.05) is 6.08 Å². The predicted molar refractivity (Wildman–Crippen MR) is 95.4 cm³/mol. The third-order valence-corrected chi connectivity index (χ3v) is 8.54. The summed E-state index contributed by atoms with van der Waals surface area (Å²) in [7, 11) is 0. The molecule has 0 bridgehead atoms. The number of hydrogen-bond acceptors (Lipinski definition) is 2. The molecule has 0 amide bonds.